The highest BCUT2D eigenvalue weighted by Crippen LogP contribution is 2.38. The van der Waals surface area contributed by atoms with Crippen molar-refractivity contribution in [3.05, 3.63) is 17.7 Å². The van der Waals surface area contributed by atoms with E-state index in [1.165, 1.54) is 40.6 Å². The van der Waals surface area contributed by atoms with E-state index >= 15 is 0 Å². The summed E-state index contributed by atoms with van der Waals surface area (Å²) in [7, 11) is 5.66. The maximum atomic E-state index is 12.4. The lowest BCUT2D eigenvalue weighted by Gasteiger charge is -2.18. The molecule has 0 saturated carbocycles. The van der Waals surface area contributed by atoms with Crippen LogP contribution in [-0.4, -0.2) is 58.8 Å². The number of benzene rings is 1. The van der Waals surface area contributed by atoms with Crippen molar-refractivity contribution in [2.24, 2.45) is 5.92 Å². The van der Waals surface area contributed by atoms with Crippen LogP contribution in [0.1, 0.15) is 37.0 Å². The van der Waals surface area contributed by atoms with Gasteiger partial charge in [-0.2, -0.15) is 0 Å². The molecule has 29 heavy (non-hydrogen) atoms. The van der Waals surface area contributed by atoms with Gasteiger partial charge in [0.25, 0.3) is 5.91 Å². The minimum Gasteiger partial charge on any atom is -0.493 e. The van der Waals surface area contributed by atoms with Crippen LogP contribution in [0.15, 0.2) is 12.1 Å². The summed E-state index contributed by atoms with van der Waals surface area (Å²) in [5.41, 5.74) is 0.298. The Kier molecular flexibility index (Phi) is 9.78. The molecule has 2 N–H and O–H groups in total. The number of carbonyl (C=O) groups excluding carboxylic acids is 3. The monoisotopic (exact) mass is 410 g/mol. The molecule has 0 unspecified atom stereocenters. The van der Waals surface area contributed by atoms with E-state index in [9.17, 15) is 14.4 Å². The second-order valence-electron chi connectivity index (χ2n) is 6.69. The van der Waals surface area contributed by atoms with Gasteiger partial charge in [-0.1, -0.05) is 13.8 Å². The molecule has 1 atom stereocenters. The molecule has 1 aromatic carbocycles. The Morgan fingerprint density at radius 3 is 2.00 bits per heavy atom. The van der Waals surface area contributed by atoms with Gasteiger partial charge < -0.3 is 29.6 Å². The van der Waals surface area contributed by atoms with Gasteiger partial charge in [-0.15, -0.1) is 0 Å². The summed E-state index contributed by atoms with van der Waals surface area (Å²) in [5.74, 6) is 0.0428. The van der Waals surface area contributed by atoms with Crippen molar-refractivity contribution in [2.45, 2.75) is 32.7 Å². The zero-order chi connectivity index (χ0) is 22.0. The molecule has 0 spiro atoms. The highest BCUT2D eigenvalue weighted by molar-refractivity contribution is 5.96. The predicted molar refractivity (Wildman–Crippen MR) is 106 cm³/mol. The summed E-state index contributed by atoms with van der Waals surface area (Å²) < 4.78 is 20.4. The van der Waals surface area contributed by atoms with E-state index in [1.807, 2.05) is 13.8 Å². The fourth-order valence-corrected chi connectivity index (χ4v) is 2.70. The SMILES string of the molecule is COC(=O)[C@H](CC(C)C)NC(=O)CCNC(=O)c1cc(OC)c(OC)c(OC)c1. The molecule has 0 radical (unpaired) electrons. The van der Waals surface area contributed by atoms with Gasteiger partial charge in [-0.3, -0.25) is 9.59 Å². The lowest BCUT2D eigenvalue weighted by Crippen LogP contribution is -2.43. The van der Waals surface area contributed by atoms with Crippen molar-refractivity contribution in [2.75, 3.05) is 35.0 Å². The van der Waals surface area contributed by atoms with E-state index < -0.39 is 17.9 Å². The number of carbonyl (C=O) groups is 3. The molecule has 0 bridgehead atoms. The minimum atomic E-state index is -0.710. The number of rotatable bonds is 11. The second-order valence-corrected chi connectivity index (χ2v) is 6.69. The maximum Gasteiger partial charge on any atom is 0.328 e. The Labute approximate surface area is 171 Å². The smallest absolute Gasteiger partial charge is 0.328 e. The average molecular weight is 410 g/mol. The van der Waals surface area contributed by atoms with Crippen LogP contribution in [0, 0.1) is 5.92 Å². The number of hydrogen-bond donors (Lipinski definition) is 2. The Morgan fingerprint density at radius 2 is 1.55 bits per heavy atom. The first-order valence-corrected chi connectivity index (χ1v) is 9.22. The highest BCUT2D eigenvalue weighted by Gasteiger charge is 2.22. The van der Waals surface area contributed by atoms with Crippen LogP contribution in [0.2, 0.25) is 0 Å². The minimum absolute atomic E-state index is 0.0156. The molecule has 0 aliphatic rings. The van der Waals surface area contributed by atoms with Gasteiger partial charge in [-0.05, 0) is 24.5 Å². The molecule has 0 aromatic heterocycles. The number of amides is 2. The van der Waals surface area contributed by atoms with Crippen molar-refractivity contribution < 1.29 is 33.3 Å². The van der Waals surface area contributed by atoms with E-state index in [1.54, 1.807) is 0 Å². The van der Waals surface area contributed by atoms with Crippen molar-refractivity contribution in [1.29, 1.82) is 0 Å². The number of esters is 1. The normalized spacial score (nSPS) is 11.4. The first-order valence-electron chi connectivity index (χ1n) is 9.22. The zero-order valence-corrected chi connectivity index (χ0v) is 17.8. The molecule has 9 nitrogen and oxygen atoms in total. The fourth-order valence-electron chi connectivity index (χ4n) is 2.70. The third-order valence-electron chi connectivity index (χ3n) is 4.09. The van der Waals surface area contributed by atoms with Gasteiger partial charge in [0, 0.05) is 18.5 Å². The van der Waals surface area contributed by atoms with Crippen molar-refractivity contribution >= 4 is 17.8 Å². The summed E-state index contributed by atoms with van der Waals surface area (Å²) in [5, 5.41) is 5.30. The summed E-state index contributed by atoms with van der Waals surface area (Å²) in [6, 6.07) is 2.33. The molecule has 1 rings (SSSR count). The van der Waals surface area contributed by atoms with Crippen molar-refractivity contribution in [3.63, 3.8) is 0 Å². The highest BCUT2D eigenvalue weighted by atomic mass is 16.5. The van der Waals surface area contributed by atoms with Crippen LogP contribution in [0.3, 0.4) is 0 Å². The lowest BCUT2D eigenvalue weighted by atomic mass is 10.0. The molecule has 162 valence electrons. The van der Waals surface area contributed by atoms with Gasteiger partial charge in [0.1, 0.15) is 6.04 Å². The third kappa shape index (κ3) is 7.17. The van der Waals surface area contributed by atoms with Gasteiger partial charge in [0.15, 0.2) is 11.5 Å². The van der Waals surface area contributed by atoms with Crippen LogP contribution < -0.4 is 24.8 Å². The number of ether oxygens (including phenoxy) is 4. The van der Waals surface area contributed by atoms with E-state index in [0.717, 1.165) is 0 Å². The molecule has 0 aliphatic carbocycles. The van der Waals surface area contributed by atoms with Crippen LogP contribution in [0.5, 0.6) is 17.2 Å². The fraction of sp³-hybridized carbons (Fsp3) is 0.550. The Bertz CT molecular complexity index is 694. The van der Waals surface area contributed by atoms with Crippen molar-refractivity contribution in [1.82, 2.24) is 10.6 Å². The van der Waals surface area contributed by atoms with Gasteiger partial charge in [0.05, 0.1) is 28.4 Å². The number of methoxy groups -OCH3 is 4. The maximum absolute atomic E-state index is 12.4. The summed E-state index contributed by atoms with van der Waals surface area (Å²) in [4.78, 5) is 36.3. The van der Waals surface area contributed by atoms with Crippen LogP contribution in [-0.2, 0) is 14.3 Å². The second kappa shape index (κ2) is 11.8. The van der Waals surface area contributed by atoms with E-state index in [0.29, 0.717) is 29.2 Å². The molecule has 0 fully saturated rings. The van der Waals surface area contributed by atoms with Gasteiger partial charge in [-0.25, -0.2) is 4.79 Å². The largest absolute Gasteiger partial charge is 0.493 e. The molecule has 0 heterocycles. The Hall–Kier alpha value is -2.97. The number of hydrogen-bond acceptors (Lipinski definition) is 7. The Morgan fingerprint density at radius 1 is 0.966 bits per heavy atom. The van der Waals surface area contributed by atoms with Crippen LogP contribution >= 0.6 is 0 Å². The molecule has 9 heteroatoms. The first kappa shape index (κ1) is 24.1. The molecule has 2 amide bonds. The summed E-state index contributed by atoms with van der Waals surface area (Å²) >= 11 is 0. The third-order valence-corrected chi connectivity index (χ3v) is 4.09. The molecule has 0 aliphatic heterocycles. The quantitative estimate of drug-likeness (QED) is 0.532. The topological polar surface area (TPSA) is 112 Å². The molecule has 0 saturated heterocycles. The lowest BCUT2D eigenvalue weighted by molar-refractivity contribution is -0.145. The molecule has 1 aromatic rings. The average Bonchev–Trinajstić information content (AvgIpc) is 2.70. The van der Waals surface area contributed by atoms with Gasteiger partial charge >= 0.3 is 5.97 Å². The van der Waals surface area contributed by atoms with Crippen LogP contribution in [0.25, 0.3) is 0 Å². The van der Waals surface area contributed by atoms with Crippen molar-refractivity contribution in [3.8, 4) is 17.2 Å². The van der Waals surface area contributed by atoms with E-state index in [2.05, 4.69) is 10.6 Å². The van der Waals surface area contributed by atoms with E-state index in [-0.39, 0.29) is 24.8 Å². The molecular weight excluding hydrogens is 380 g/mol. The summed E-state index contributed by atoms with van der Waals surface area (Å²) in [6.45, 7) is 3.98. The predicted octanol–water partition coefficient (Wildman–Crippen LogP) is 1.54. The van der Waals surface area contributed by atoms with E-state index in [4.69, 9.17) is 18.9 Å². The zero-order valence-electron chi connectivity index (χ0n) is 17.8. The molecular formula is C20H30N2O7. The first-order chi connectivity index (χ1) is 13.8. The Balaban J connectivity index is 2.68. The van der Waals surface area contributed by atoms with Gasteiger partial charge in [0.2, 0.25) is 11.7 Å². The number of nitrogens with one attached hydrogen (secondary N) is 2. The van der Waals surface area contributed by atoms with Crippen LogP contribution in [0.4, 0.5) is 0 Å². The standard InChI is InChI=1S/C20H30N2O7/c1-12(2)9-14(20(25)29-6)22-17(23)7-8-21-19(24)13-10-15(26-3)18(28-5)16(11-13)27-4/h10-12,14H,7-9H2,1-6H3,(H,21,24)(H,22,23)/t14-/m0/s1. The summed E-state index contributed by atoms with van der Waals surface area (Å²) in [6.07, 6.45) is 0.484.